The number of carbonyl (C=O) groups is 1. The van der Waals surface area contributed by atoms with Gasteiger partial charge in [-0.3, -0.25) is 4.79 Å². The molecule has 0 aromatic rings. The van der Waals surface area contributed by atoms with E-state index in [1.165, 1.54) is 25.7 Å². The Morgan fingerprint density at radius 2 is 1.74 bits per heavy atom. The average molecular weight is 308 g/mol. The molecule has 1 saturated carbocycles. The molecule has 1 saturated heterocycles. The number of rotatable bonds is 3. The van der Waals surface area contributed by atoms with Crippen molar-refractivity contribution in [2.45, 2.75) is 56.4 Å². The van der Waals surface area contributed by atoms with Crippen LogP contribution in [0, 0.1) is 5.92 Å². The molecule has 1 amide bonds. The van der Waals surface area contributed by atoms with Gasteiger partial charge in [0.05, 0.1) is 22.9 Å². The summed E-state index contributed by atoms with van der Waals surface area (Å²) in [5, 5.41) is 2.32. The number of halogens is 1. The Kier molecular flexibility index (Phi) is 5.12. The van der Waals surface area contributed by atoms with E-state index < -0.39 is 21.3 Å². The maximum Gasteiger partial charge on any atom is 0.220 e. The predicted octanol–water partition coefficient (Wildman–Crippen LogP) is 1.87. The lowest BCUT2D eigenvalue weighted by Gasteiger charge is -2.18. The van der Waals surface area contributed by atoms with Crippen molar-refractivity contribution >= 4 is 27.3 Å². The number of sulfone groups is 1. The fourth-order valence-corrected chi connectivity index (χ4v) is 5.58. The molecule has 1 aliphatic carbocycles. The molecule has 1 heterocycles. The average Bonchev–Trinajstić information content (AvgIpc) is 2.52. The van der Waals surface area contributed by atoms with Crippen LogP contribution in [0.3, 0.4) is 0 Å². The van der Waals surface area contributed by atoms with Gasteiger partial charge in [-0.05, 0) is 18.8 Å². The highest BCUT2D eigenvalue weighted by molar-refractivity contribution is 7.91. The van der Waals surface area contributed by atoms with Crippen LogP contribution in [-0.4, -0.2) is 37.2 Å². The van der Waals surface area contributed by atoms with Crippen molar-refractivity contribution in [3.8, 4) is 0 Å². The van der Waals surface area contributed by atoms with Gasteiger partial charge < -0.3 is 5.32 Å². The van der Waals surface area contributed by atoms with Crippen molar-refractivity contribution in [3.05, 3.63) is 0 Å². The van der Waals surface area contributed by atoms with Crippen LogP contribution in [0.2, 0.25) is 0 Å². The third-order valence-corrected chi connectivity index (χ3v) is 6.45. The number of carbonyl (C=O) groups excluding carboxylic acids is 1. The van der Waals surface area contributed by atoms with E-state index in [1.54, 1.807) is 0 Å². The van der Waals surface area contributed by atoms with Gasteiger partial charge in [-0.2, -0.15) is 0 Å². The fraction of sp³-hybridized carbons (Fsp3) is 0.923. The first-order valence-electron chi connectivity index (χ1n) is 7.10. The lowest BCUT2D eigenvalue weighted by Crippen LogP contribution is -2.41. The Morgan fingerprint density at radius 1 is 1.11 bits per heavy atom. The van der Waals surface area contributed by atoms with E-state index in [0.717, 1.165) is 12.8 Å². The van der Waals surface area contributed by atoms with Crippen molar-refractivity contribution in [2.75, 3.05) is 11.5 Å². The molecular formula is C13H22ClNO3S. The number of hydrogen-bond donors (Lipinski definition) is 1. The van der Waals surface area contributed by atoms with Crippen LogP contribution in [0.5, 0.6) is 0 Å². The first kappa shape index (κ1) is 15.1. The lowest BCUT2D eigenvalue weighted by atomic mass is 9.96. The molecule has 0 aromatic carbocycles. The molecule has 2 atom stereocenters. The first-order valence-corrected chi connectivity index (χ1v) is 9.36. The highest BCUT2D eigenvalue weighted by atomic mass is 35.5. The molecule has 2 rings (SSSR count). The molecule has 6 heteroatoms. The molecule has 2 unspecified atom stereocenters. The van der Waals surface area contributed by atoms with E-state index in [9.17, 15) is 13.2 Å². The SMILES string of the molecule is O=C(CC1CCCCCC1)NC1CS(=O)(=O)CC1Cl. The van der Waals surface area contributed by atoms with Crippen molar-refractivity contribution in [3.63, 3.8) is 0 Å². The van der Waals surface area contributed by atoms with Crippen LogP contribution in [0.25, 0.3) is 0 Å². The van der Waals surface area contributed by atoms with E-state index in [0.29, 0.717) is 12.3 Å². The van der Waals surface area contributed by atoms with Gasteiger partial charge in [0.1, 0.15) is 0 Å². The highest BCUT2D eigenvalue weighted by Gasteiger charge is 2.37. The van der Waals surface area contributed by atoms with Gasteiger partial charge >= 0.3 is 0 Å². The van der Waals surface area contributed by atoms with Gasteiger partial charge in [-0.15, -0.1) is 11.6 Å². The standard InChI is InChI=1S/C13H22ClNO3S/c14-11-8-19(17,18)9-12(11)15-13(16)7-10-5-3-1-2-4-6-10/h10-12H,1-9H2,(H,15,16). The molecule has 19 heavy (non-hydrogen) atoms. The summed E-state index contributed by atoms with van der Waals surface area (Å²) in [4.78, 5) is 12.0. The highest BCUT2D eigenvalue weighted by Crippen LogP contribution is 2.25. The van der Waals surface area contributed by atoms with E-state index in [2.05, 4.69) is 5.32 Å². The van der Waals surface area contributed by atoms with Crippen LogP contribution < -0.4 is 5.32 Å². The Morgan fingerprint density at radius 3 is 2.26 bits per heavy atom. The summed E-state index contributed by atoms with van der Waals surface area (Å²) < 4.78 is 22.9. The maximum absolute atomic E-state index is 12.0. The van der Waals surface area contributed by atoms with E-state index in [1.807, 2.05) is 0 Å². The van der Waals surface area contributed by atoms with Crippen LogP contribution >= 0.6 is 11.6 Å². The third kappa shape index (κ3) is 4.63. The van der Waals surface area contributed by atoms with Gasteiger partial charge in [0, 0.05) is 6.42 Å². The van der Waals surface area contributed by atoms with Crippen molar-refractivity contribution in [1.82, 2.24) is 5.32 Å². The quantitative estimate of drug-likeness (QED) is 0.639. The van der Waals surface area contributed by atoms with Crippen LogP contribution in [-0.2, 0) is 14.6 Å². The van der Waals surface area contributed by atoms with Crippen molar-refractivity contribution in [1.29, 1.82) is 0 Å². The molecular weight excluding hydrogens is 286 g/mol. The molecule has 0 aromatic heterocycles. The second-order valence-corrected chi connectivity index (χ2v) is 8.54. The Hall–Kier alpha value is -0.290. The number of amides is 1. The third-order valence-electron chi connectivity index (χ3n) is 4.08. The molecule has 0 radical (unpaired) electrons. The lowest BCUT2D eigenvalue weighted by molar-refractivity contribution is -0.122. The molecule has 4 nitrogen and oxygen atoms in total. The second kappa shape index (κ2) is 6.44. The number of hydrogen-bond acceptors (Lipinski definition) is 3. The largest absolute Gasteiger partial charge is 0.351 e. The van der Waals surface area contributed by atoms with Crippen LogP contribution in [0.1, 0.15) is 44.9 Å². The zero-order valence-corrected chi connectivity index (χ0v) is 12.7. The summed E-state index contributed by atoms with van der Waals surface area (Å²) in [5.41, 5.74) is 0. The molecule has 0 bridgehead atoms. The van der Waals surface area contributed by atoms with Crippen LogP contribution in [0.15, 0.2) is 0 Å². The van der Waals surface area contributed by atoms with Gasteiger partial charge in [-0.1, -0.05) is 25.7 Å². The van der Waals surface area contributed by atoms with Crippen molar-refractivity contribution < 1.29 is 13.2 Å². The molecule has 1 aliphatic heterocycles. The van der Waals surface area contributed by atoms with Gasteiger partial charge in [-0.25, -0.2) is 8.42 Å². The molecule has 2 fully saturated rings. The summed E-state index contributed by atoms with van der Waals surface area (Å²) in [6.07, 6.45) is 7.68. The monoisotopic (exact) mass is 307 g/mol. The molecule has 1 N–H and O–H groups in total. The van der Waals surface area contributed by atoms with E-state index >= 15 is 0 Å². The minimum atomic E-state index is -3.08. The minimum absolute atomic E-state index is 0.0163. The topological polar surface area (TPSA) is 63.2 Å². The Labute approximate surface area is 120 Å². The number of alkyl halides is 1. The Balaban J connectivity index is 1.81. The Bertz CT molecular complexity index is 416. The first-order chi connectivity index (χ1) is 8.96. The summed E-state index contributed by atoms with van der Waals surface area (Å²) in [6.45, 7) is 0. The minimum Gasteiger partial charge on any atom is -0.351 e. The van der Waals surface area contributed by atoms with E-state index in [4.69, 9.17) is 11.6 Å². The molecule has 0 spiro atoms. The smallest absolute Gasteiger partial charge is 0.220 e. The molecule has 110 valence electrons. The molecule has 2 aliphatic rings. The van der Waals surface area contributed by atoms with E-state index in [-0.39, 0.29) is 17.4 Å². The zero-order valence-electron chi connectivity index (χ0n) is 11.1. The number of nitrogens with one attached hydrogen (secondary N) is 1. The van der Waals surface area contributed by atoms with Crippen molar-refractivity contribution in [2.24, 2.45) is 5.92 Å². The fourth-order valence-electron chi connectivity index (χ4n) is 3.03. The second-order valence-electron chi connectivity index (χ2n) is 5.83. The van der Waals surface area contributed by atoms with Crippen LogP contribution in [0.4, 0.5) is 0 Å². The summed E-state index contributed by atoms with van der Waals surface area (Å²) in [7, 11) is -3.08. The zero-order chi connectivity index (χ0) is 13.9. The normalized spacial score (nSPS) is 31.8. The van der Waals surface area contributed by atoms with Gasteiger partial charge in [0.15, 0.2) is 9.84 Å². The summed E-state index contributed by atoms with van der Waals surface area (Å²) in [5.74, 6) is 0.370. The van der Waals surface area contributed by atoms with Gasteiger partial charge in [0.2, 0.25) is 5.91 Å². The summed E-state index contributed by atoms with van der Waals surface area (Å²) in [6, 6.07) is -0.412. The van der Waals surface area contributed by atoms with Gasteiger partial charge in [0.25, 0.3) is 0 Å². The maximum atomic E-state index is 12.0. The summed E-state index contributed by atoms with van der Waals surface area (Å²) >= 11 is 5.98. The predicted molar refractivity (Wildman–Crippen MR) is 76.0 cm³/mol.